The second-order valence-electron chi connectivity index (χ2n) is 9.34. The minimum Gasteiger partial charge on any atom is -0.381 e. The minimum atomic E-state index is -1.22. The van der Waals surface area contributed by atoms with Crippen molar-refractivity contribution in [1.29, 1.82) is 0 Å². The van der Waals surface area contributed by atoms with Crippen molar-refractivity contribution in [3.63, 3.8) is 0 Å². The van der Waals surface area contributed by atoms with Gasteiger partial charge in [0.25, 0.3) is 0 Å². The van der Waals surface area contributed by atoms with Gasteiger partial charge in [-0.15, -0.1) is 0 Å². The maximum atomic E-state index is 12.0. The lowest BCUT2D eigenvalue weighted by Gasteiger charge is -2.37. The Morgan fingerprint density at radius 1 is 1.03 bits per heavy atom. The molecule has 0 saturated heterocycles. The second kappa shape index (κ2) is 9.02. The van der Waals surface area contributed by atoms with Gasteiger partial charge in [0.1, 0.15) is 11.4 Å². The molecule has 1 aromatic heterocycles. The third kappa shape index (κ3) is 4.72. The van der Waals surface area contributed by atoms with Crippen LogP contribution in [0.25, 0.3) is 5.57 Å². The van der Waals surface area contributed by atoms with E-state index in [2.05, 4.69) is 63.7 Å². The molecule has 32 heavy (non-hydrogen) atoms. The highest BCUT2D eigenvalue weighted by molar-refractivity contribution is 9.10. The number of aromatic nitrogens is 2. The Hall–Kier alpha value is -1.53. The van der Waals surface area contributed by atoms with E-state index in [0.717, 1.165) is 38.0 Å². The van der Waals surface area contributed by atoms with Crippen LogP contribution >= 0.6 is 43.5 Å². The van der Waals surface area contributed by atoms with Crippen LogP contribution in [0, 0.1) is 0 Å². The molecule has 0 amide bonds. The van der Waals surface area contributed by atoms with E-state index in [1.165, 1.54) is 0 Å². The first-order chi connectivity index (χ1) is 15.1. The van der Waals surface area contributed by atoms with Gasteiger partial charge in [0.2, 0.25) is 0 Å². The van der Waals surface area contributed by atoms with Crippen molar-refractivity contribution < 1.29 is 5.11 Å². The highest BCUT2D eigenvalue weighted by atomic mass is 79.9. The number of nitrogens with zero attached hydrogens (tertiary/aromatic N) is 2. The fourth-order valence-corrected chi connectivity index (χ4v) is 5.60. The van der Waals surface area contributed by atoms with Gasteiger partial charge in [-0.3, -0.25) is 0 Å². The molecule has 3 nitrogen and oxygen atoms in total. The number of allylic oxidation sites excluding steroid dienone is 1. The van der Waals surface area contributed by atoms with Gasteiger partial charge in [-0.25, -0.2) is 9.97 Å². The number of halogens is 3. The van der Waals surface area contributed by atoms with Gasteiger partial charge in [0.05, 0.1) is 10.2 Å². The number of benzene rings is 2. The third-order valence-corrected chi connectivity index (χ3v) is 7.46. The molecule has 0 aliphatic heterocycles. The maximum absolute atomic E-state index is 12.0. The first-order valence-corrected chi connectivity index (χ1v) is 12.5. The fraction of sp³-hybridized carbons (Fsp3) is 0.308. The Morgan fingerprint density at radius 2 is 1.72 bits per heavy atom. The molecule has 4 rings (SSSR count). The Bertz CT molecular complexity index is 1190. The van der Waals surface area contributed by atoms with Crippen molar-refractivity contribution in [2.24, 2.45) is 0 Å². The van der Waals surface area contributed by atoms with Crippen LogP contribution in [0.2, 0.25) is 5.02 Å². The van der Waals surface area contributed by atoms with Gasteiger partial charge in [-0.2, -0.15) is 0 Å². The van der Waals surface area contributed by atoms with E-state index in [4.69, 9.17) is 16.6 Å². The molecule has 6 heteroatoms. The quantitative estimate of drug-likeness (QED) is 0.346. The van der Waals surface area contributed by atoms with Crippen LogP contribution in [0.3, 0.4) is 0 Å². The predicted molar refractivity (Wildman–Crippen MR) is 138 cm³/mol. The summed E-state index contributed by atoms with van der Waals surface area (Å²) >= 11 is 13.9. The van der Waals surface area contributed by atoms with Crippen LogP contribution in [0.15, 0.2) is 69.7 Å². The summed E-state index contributed by atoms with van der Waals surface area (Å²) in [4.78, 5) is 9.50. The van der Waals surface area contributed by atoms with E-state index in [0.29, 0.717) is 17.0 Å². The SMILES string of the molecule is CC(C)(C)c1ncc(Br)c(C2CC(c3ccccc3Br)=CC(O)(c3ccccc3Cl)C2)n1. The molecule has 2 unspecified atom stereocenters. The van der Waals surface area contributed by atoms with Crippen molar-refractivity contribution in [1.82, 2.24) is 9.97 Å². The molecule has 0 fully saturated rings. The highest BCUT2D eigenvalue weighted by Gasteiger charge is 2.39. The van der Waals surface area contributed by atoms with Crippen molar-refractivity contribution >= 4 is 49.0 Å². The summed E-state index contributed by atoms with van der Waals surface area (Å²) in [5, 5.41) is 12.5. The number of hydrogen-bond acceptors (Lipinski definition) is 3. The smallest absolute Gasteiger partial charge is 0.133 e. The first-order valence-electron chi connectivity index (χ1n) is 10.6. The van der Waals surface area contributed by atoms with Crippen molar-refractivity contribution in [3.8, 4) is 0 Å². The van der Waals surface area contributed by atoms with E-state index < -0.39 is 5.60 Å². The standard InChI is InChI=1S/C26H25Br2ClN2O/c1-25(2,3)24-30-15-21(28)23(31-24)17-12-16(18-8-4-6-10-20(18)27)13-26(32,14-17)19-9-5-7-11-22(19)29/h4-11,13,15,17,32H,12,14H2,1-3H3. The lowest BCUT2D eigenvalue weighted by atomic mass is 9.73. The lowest BCUT2D eigenvalue weighted by Crippen LogP contribution is -2.31. The van der Waals surface area contributed by atoms with Gasteiger partial charge in [-0.1, -0.05) is 84.7 Å². The normalized spacial score (nSPS) is 21.3. The number of aliphatic hydroxyl groups is 1. The molecule has 0 saturated carbocycles. The van der Waals surface area contributed by atoms with Gasteiger partial charge >= 0.3 is 0 Å². The van der Waals surface area contributed by atoms with Crippen LogP contribution in [-0.4, -0.2) is 15.1 Å². The van der Waals surface area contributed by atoms with Crippen LogP contribution in [0.1, 0.15) is 62.2 Å². The summed E-state index contributed by atoms with van der Waals surface area (Å²) in [5.74, 6) is 0.760. The molecule has 1 N–H and O–H groups in total. The maximum Gasteiger partial charge on any atom is 0.133 e. The molecule has 1 aliphatic rings. The topological polar surface area (TPSA) is 46.0 Å². The van der Waals surface area contributed by atoms with E-state index in [1.807, 2.05) is 54.7 Å². The van der Waals surface area contributed by atoms with E-state index in [9.17, 15) is 5.11 Å². The van der Waals surface area contributed by atoms with Crippen molar-refractivity contribution in [2.45, 2.75) is 50.5 Å². The molecule has 3 aromatic rings. The van der Waals surface area contributed by atoms with Crippen molar-refractivity contribution in [2.75, 3.05) is 0 Å². The Balaban J connectivity index is 1.88. The monoisotopic (exact) mass is 574 g/mol. The number of rotatable bonds is 3. The van der Waals surface area contributed by atoms with E-state index in [1.54, 1.807) is 0 Å². The summed E-state index contributed by atoms with van der Waals surface area (Å²) in [5.41, 5.74) is 2.33. The molecule has 166 valence electrons. The summed E-state index contributed by atoms with van der Waals surface area (Å²) < 4.78 is 1.84. The zero-order valence-electron chi connectivity index (χ0n) is 18.2. The fourth-order valence-electron chi connectivity index (χ4n) is 4.25. The average molecular weight is 577 g/mol. The van der Waals surface area contributed by atoms with Crippen LogP contribution in [0.5, 0.6) is 0 Å². The first kappa shape index (κ1) is 23.6. The lowest BCUT2D eigenvalue weighted by molar-refractivity contribution is 0.0666. The zero-order valence-corrected chi connectivity index (χ0v) is 22.2. The van der Waals surface area contributed by atoms with Crippen LogP contribution in [0.4, 0.5) is 0 Å². The molecular formula is C26H25Br2ClN2O. The highest BCUT2D eigenvalue weighted by Crippen LogP contribution is 2.49. The van der Waals surface area contributed by atoms with Crippen LogP contribution in [-0.2, 0) is 11.0 Å². The van der Waals surface area contributed by atoms with Crippen LogP contribution < -0.4 is 0 Å². The predicted octanol–water partition coefficient (Wildman–Crippen LogP) is 7.80. The van der Waals surface area contributed by atoms with Gasteiger partial charge < -0.3 is 5.11 Å². The van der Waals surface area contributed by atoms with Crippen molar-refractivity contribution in [3.05, 3.63) is 97.4 Å². The Labute approximate surface area is 211 Å². The summed E-state index contributed by atoms with van der Waals surface area (Å²) in [6.45, 7) is 6.31. The molecule has 2 atom stereocenters. The van der Waals surface area contributed by atoms with E-state index >= 15 is 0 Å². The Kier molecular flexibility index (Phi) is 6.66. The van der Waals surface area contributed by atoms with Gasteiger partial charge in [0.15, 0.2) is 0 Å². The summed E-state index contributed by atoms with van der Waals surface area (Å²) in [6.07, 6.45) is 5.01. The average Bonchev–Trinajstić information content (AvgIpc) is 2.73. The zero-order chi connectivity index (χ0) is 23.1. The minimum absolute atomic E-state index is 0.0261. The van der Waals surface area contributed by atoms with Gasteiger partial charge in [0, 0.05) is 32.6 Å². The molecule has 0 radical (unpaired) electrons. The summed E-state index contributed by atoms with van der Waals surface area (Å²) in [6, 6.07) is 15.6. The molecular weight excluding hydrogens is 552 g/mol. The molecule has 0 bridgehead atoms. The molecule has 1 heterocycles. The number of hydrogen-bond donors (Lipinski definition) is 1. The van der Waals surface area contributed by atoms with E-state index in [-0.39, 0.29) is 11.3 Å². The summed E-state index contributed by atoms with van der Waals surface area (Å²) in [7, 11) is 0. The Morgan fingerprint density at radius 3 is 2.41 bits per heavy atom. The molecule has 2 aromatic carbocycles. The van der Waals surface area contributed by atoms with Gasteiger partial charge in [-0.05, 0) is 58.1 Å². The largest absolute Gasteiger partial charge is 0.381 e. The molecule has 0 spiro atoms. The third-order valence-electron chi connectivity index (χ3n) is 5.83. The molecule has 1 aliphatic carbocycles. The second-order valence-corrected chi connectivity index (χ2v) is 11.5.